The van der Waals surface area contributed by atoms with Gasteiger partial charge in [-0.05, 0) is 28.1 Å². The number of fused-ring (bicyclic) bond motifs is 1. The van der Waals surface area contributed by atoms with Crippen LogP contribution < -0.4 is 0 Å². The van der Waals surface area contributed by atoms with Gasteiger partial charge in [0.25, 0.3) is 0 Å². The van der Waals surface area contributed by atoms with E-state index in [1.54, 1.807) is 23.1 Å². The van der Waals surface area contributed by atoms with Gasteiger partial charge in [0.1, 0.15) is 0 Å². The molecule has 1 aliphatic rings. The van der Waals surface area contributed by atoms with Crippen LogP contribution >= 0.6 is 39.0 Å². The highest BCUT2D eigenvalue weighted by Crippen LogP contribution is 2.31. The fraction of sp³-hybridized carbons (Fsp3) is 0.417. The molecule has 3 heterocycles. The van der Waals surface area contributed by atoms with Crippen LogP contribution in [0.4, 0.5) is 0 Å². The molecule has 0 aliphatic carbocycles. The van der Waals surface area contributed by atoms with Crippen molar-refractivity contribution in [2.24, 2.45) is 5.10 Å². The molecule has 3 rings (SSSR count). The number of hydrogen-bond donors (Lipinski definition) is 0. The molecular weight excluding hydrogens is 344 g/mol. The van der Waals surface area contributed by atoms with Crippen molar-refractivity contribution in [3.8, 4) is 0 Å². The van der Waals surface area contributed by atoms with Crippen molar-refractivity contribution in [2.45, 2.75) is 31.3 Å². The molecule has 100 valence electrons. The van der Waals surface area contributed by atoms with Gasteiger partial charge in [-0.1, -0.05) is 32.5 Å². The van der Waals surface area contributed by atoms with E-state index in [2.05, 4.69) is 59.0 Å². The Labute approximate surface area is 128 Å². The van der Waals surface area contributed by atoms with Gasteiger partial charge in [-0.15, -0.1) is 21.5 Å². The molecule has 0 spiro atoms. The summed E-state index contributed by atoms with van der Waals surface area (Å²) in [5.74, 6) is 1.75. The van der Waals surface area contributed by atoms with Gasteiger partial charge in [-0.3, -0.25) is 0 Å². The van der Waals surface area contributed by atoms with Crippen molar-refractivity contribution < 1.29 is 0 Å². The standard InChI is InChI=1S/C12H13BrN4S2/c1-12(2,3)10-14-15-11-17(10)16-7(6-18-11)8-4-5-9(13)19-8/h4-5H,6H2,1-3H3. The molecule has 7 heteroatoms. The topological polar surface area (TPSA) is 43.1 Å². The van der Waals surface area contributed by atoms with Crippen LogP contribution in [0.1, 0.15) is 31.5 Å². The van der Waals surface area contributed by atoms with Crippen LogP contribution in [0.3, 0.4) is 0 Å². The maximum atomic E-state index is 4.73. The second-order valence-corrected chi connectivity index (χ2v) is 8.71. The Morgan fingerprint density at radius 2 is 2.05 bits per heavy atom. The molecule has 0 unspecified atom stereocenters. The van der Waals surface area contributed by atoms with Gasteiger partial charge in [0.15, 0.2) is 5.82 Å². The largest absolute Gasteiger partial charge is 0.212 e. The third-order valence-corrected chi connectivity index (χ3v) is 5.30. The molecule has 0 bridgehead atoms. The summed E-state index contributed by atoms with van der Waals surface area (Å²) in [5.41, 5.74) is 1.02. The molecule has 19 heavy (non-hydrogen) atoms. The van der Waals surface area contributed by atoms with Crippen LogP contribution in [0.2, 0.25) is 0 Å². The summed E-state index contributed by atoms with van der Waals surface area (Å²) < 4.78 is 3.01. The maximum Gasteiger partial charge on any atom is 0.212 e. The van der Waals surface area contributed by atoms with E-state index in [4.69, 9.17) is 5.10 Å². The Balaban J connectivity index is 2.07. The zero-order valence-corrected chi connectivity index (χ0v) is 14.1. The van der Waals surface area contributed by atoms with E-state index in [-0.39, 0.29) is 5.41 Å². The molecule has 2 aromatic heterocycles. The fourth-order valence-corrected chi connectivity index (χ4v) is 4.07. The summed E-state index contributed by atoms with van der Waals surface area (Å²) in [7, 11) is 0. The molecule has 2 aromatic rings. The van der Waals surface area contributed by atoms with E-state index in [1.165, 1.54) is 4.88 Å². The van der Waals surface area contributed by atoms with Crippen molar-refractivity contribution in [3.05, 3.63) is 26.6 Å². The lowest BCUT2D eigenvalue weighted by Gasteiger charge is -2.19. The zero-order chi connectivity index (χ0) is 13.6. The third kappa shape index (κ3) is 2.51. The lowest BCUT2D eigenvalue weighted by Crippen LogP contribution is -2.20. The first kappa shape index (κ1) is 13.3. The summed E-state index contributed by atoms with van der Waals surface area (Å²) in [6.45, 7) is 6.38. The van der Waals surface area contributed by atoms with E-state index in [9.17, 15) is 0 Å². The van der Waals surface area contributed by atoms with Crippen LogP contribution in [-0.2, 0) is 5.41 Å². The van der Waals surface area contributed by atoms with Gasteiger partial charge in [-0.25, -0.2) is 0 Å². The first-order valence-electron chi connectivity index (χ1n) is 5.87. The Hall–Kier alpha value is -0.660. The van der Waals surface area contributed by atoms with Crippen molar-refractivity contribution in [1.82, 2.24) is 14.9 Å². The average Bonchev–Trinajstić information content (AvgIpc) is 2.92. The predicted octanol–water partition coefficient (Wildman–Crippen LogP) is 3.76. The first-order chi connectivity index (χ1) is 8.95. The molecule has 4 nitrogen and oxygen atoms in total. The van der Waals surface area contributed by atoms with Crippen molar-refractivity contribution in [3.63, 3.8) is 0 Å². The van der Waals surface area contributed by atoms with Gasteiger partial charge in [-0.2, -0.15) is 9.78 Å². The van der Waals surface area contributed by atoms with Gasteiger partial charge in [0, 0.05) is 11.2 Å². The van der Waals surface area contributed by atoms with Gasteiger partial charge in [0.05, 0.1) is 14.4 Å². The summed E-state index contributed by atoms with van der Waals surface area (Å²) in [4.78, 5) is 1.19. The highest BCUT2D eigenvalue weighted by Gasteiger charge is 2.27. The minimum Gasteiger partial charge on any atom is -0.191 e. The Morgan fingerprint density at radius 3 is 2.68 bits per heavy atom. The second kappa shape index (κ2) is 4.71. The second-order valence-electron chi connectivity index (χ2n) is 5.31. The number of thioether (sulfide) groups is 1. The average molecular weight is 357 g/mol. The van der Waals surface area contributed by atoms with Gasteiger partial charge >= 0.3 is 0 Å². The molecular formula is C12H13BrN4S2. The van der Waals surface area contributed by atoms with Crippen LogP contribution in [0.25, 0.3) is 0 Å². The highest BCUT2D eigenvalue weighted by atomic mass is 79.9. The number of hydrogen-bond acceptors (Lipinski definition) is 5. The minimum absolute atomic E-state index is 0.0617. The van der Waals surface area contributed by atoms with Crippen molar-refractivity contribution in [2.75, 3.05) is 5.75 Å². The fourth-order valence-electron chi connectivity index (χ4n) is 1.79. The number of nitrogens with zero attached hydrogens (tertiary/aromatic N) is 4. The molecule has 1 aliphatic heterocycles. The number of rotatable bonds is 1. The first-order valence-corrected chi connectivity index (χ1v) is 8.47. The highest BCUT2D eigenvalue weighted by molar-refractivity contribution is 9.11. The molecule has 0 amide bonds. The van der Waals surface area contributed by atoms with Gasteiger partial charge < -0.3 is 0 Å². The lowest BCUT2D eigenvalue weighted by atomic mass is 9.96. The molecule has 0 fully saturated rings. The maximum absolute atomic E-state index is 4.73. The molecule has 0 radical (unpaired) electrons. The quantitative estimate of drug-likeness (QED) is 0.781. The lowest BCUT2D eigenvalue weighted by molar-refractivity contribution is 0.509. The SMILES string of the molecule is CC(C)(C)c1nnc2n1N=C(c1ccc(Br)s1)CS2. The normalized spacial score (nSPS) is 15.3. The Morgan fingerprint density at radius 1 is 1.26 bits per heavy atom. The Bertz CT molecular complexity index is 651. The van der Waals surface area contributed by atoms with Crippen LogP contribution in [0.5, 0.6) is 0 Å². The predicted molar refractivity (Wildman–Crippen MR) is 83.4 cm³/mol. The number of aromatic nitrogens is 3. The smallest absolute Gasteiger partial charge is 0.191 e. The van der Waals surface area contributed by atoms with E-state index in [1.807, 2.05) is 4.68 Å². The zero-order valence-electron chi connectivity index (χ0n) is 10.8. The van der Waals surface area contributed by atoms with Crippen molar-refractivity contribution in [1.29, 1.82) is 0 Å². The van der Waals surface area contributed by atoms with Crippen LogP contribution in [0, 0.1) is 0 Å². The molecule has 0 atom stereocenters. The van der Waals surface area contributed by atoms with Crippen LogP contribution in [-0.4, -0.2) is 26.3 Å². The molecule has 0 saturated carbocycles. The molecule has 0 N–H and O–H groups in total. The van der Waals surface area contributed by atoms with E-state index < -0.39 is 0 Å². The molecule has 0 aromatic carbocycles. The minimum atomic E-state index is -0.0617. The molecule has 0 saturated heterocycles. The van der Waals surface area contributed by atoms with E-state index in [0.29, 0.717) is 0 Å². The Kier molecular flexibility index (Phi) is 3.31. The summed E-state index contributed by atoms with van der Waals surface area (Å²) in [6, 6.07) is 4.15. The van der Waals surface area contributed by atoms with Crippen LogP contribution in [0.15, 0.2) is 26.2 Å². The third-order valence-electron chi connectivity index (χ3n) is 2.70. The van der Waals surface area contributed by atoms with E-state index >= 15 is 0 Å². The number of halogens is 1. The summed E-state index contributed by atoms with van der Waals surface area (Å²) in [5, 5.41) is 14.1. The van der Waals surface area contributed by atoms with E-state index in [0.717, 1.165) is 26.2 Å². The van der Waals surface area contributed by atoms with Crippen molar-refractivity contribution >= 4 is 44.7 Å². The monoisotopic (exact) mass is 356 g/mol. The van der Waals surface area contributed by atoms with Gasteiger partial charge in [0.2, 0.25) is 5.16 Å². The summed E-state index contributed by atoms with van der Waals surface area (Å²) >= 11 is 6.89. The number of thiophene rings is 1. The summed E-state index contributed by atoms with van der Waals surface area (Å²) in [6.07, 6.45) is 0.